The molecule has 1 saturated carbocycles. The Morgan fingerprint density at radius 2 is 1.98 bits per heavy atom. The molecule has 3 aromatic rings. The third kappa shape index (κ3) is 5.69. The number of nitrogens with zero attached hydrogens (tertiary/aromatic N) is 8. The van der Waals surface area contributed by atoms with E-state index in [9.17, 15) is 18.4 Å². The van der Waals surface area contributed by atoms with E-state index in [1.807, 2.05) is 17.1 Å². The van der Waals surface area contributed by atoms with Crippen LogP contribution in [0.5, 0.6) is 5.88 Å². The average Bonchev–Trinajstić information content (AvgIpc) is 3.61. The molecule has 14 heteroatoms. The molecule has 0 bridgehead atoms. The molecule has 0 unspecified atom stereocenters. The summed E-state index contributed by atoms with van der Waals surface area (Å²) in [5.74, 6) is -1.37. The van der Waals surface area contributed by atoms with Crippen molar-refractivity contribution in [1.29, 1.82) is 5.26 Å². The number of aromatic nitrogens is 6. The van der Waals surface area contributed by atoms with Gasteiger partial charge in [0, 0.05) is 19.1 Å². The van der Waals surface area contributed by atoms with Crippen LogP contribution in [0.25, 0.3) is 17.3 Å². The van der Waals surface area contributed by atoms with Crippen LogP contribution in [-0.4, -0.2) is 92.7 Å². The van der Waals surface area contributed by atoms with Crippen molar-refractivity contribution in [2.75, 3.05) is 19.7 Å². The first-order valence-corrected chi connectivity index (χ1v) is 16.5. The van der Waals surface area contributed by atoms with Crippen LogP contribution >= 0.6 is 0 Å². The molecule has 41 heavy (non-hydrogen) atoms. The zero-order valence-electron chi connectivity index (χ0n) is 22.0. The quantitative estimate of drug-likeness (QED) is 0.360. The number of hydrogen-bond donors (Lipinski definition) is 1. The Bertz CT molecular complexity index is 1490. The fourth-order valence-electron chi connectivity index (χ4n) is 5.86. The normalized spacial score (nSPS) is 21.7. The zero-order chi connectivity index (χ0) is 28.6. The third-order valence-corrected chi connectivity index (χ3v) is 10.8. The summed E-state index contributed by atoms with van der Waals surface area (Å²) in [6, 6.07) is 4.00. The van der Waals surface area contributed by atoms with Gasteiger partial charge >= 0.3 is 169 Å². The van der Waals surface area contributed by atoms with Crippen LogP contribution in [0.3, 0.4) is 0 Å². The maximum atomic E-state index is 13.3. The predicted octanol–water partition coefficient (Wildman–Crippen LogP) is 2.31. The SMILES string of the molecule is N#CCC1(n2cc(-c3ncn[c]4c3C=[CH][Sn]4)cn2)CN(C2CCC(Oc3cc(CCO)nc(C(F)(F)F)n3)CC2)C1. The summed E-state index contributed by atoms with van der Waals surface area (Å²) < 4.78 is 50.9. The molecule has 2 aliphatic heterocycles. The molecule has 3 aliphatic rings. The Morgan fingerprint density at radius 3 is 2.71 bits per heavy atom. The van der Waals surface area contributed by atoms with Gasteiger partial charge in [-0.1, -0.05) is 0 Å². The number of fused-ring (bicyclic) bond motifs is 1. The van der Waals surface area contributed by atoms with Gasteiger partial charge in [-0.3, -0.25) is 0 Å². The number of likely N-dealkylation sites (tertiary alicyclic amines) is 1. The first-order valence-electron chi connectivity index (χ1n) is 13.5. The number of aliphatic hydroxyl groups is 1. The second-order valence-corrected chi connectivity index (χ2v) is 13.8. The molecule has 6 rings (SSSR count). The number of alkyl halides is 3. The first-order chi connectivity index (χ1) is 19.8. The molecule has 0 aromatic carbocycles. The van der Waals surface area contributed by atoms with Crippen molar-refractivity contribution in [3.63, 3.8) is 0 Å². The molecule has 0 spiro atoms. The van der Waals surface area contributed by atoms with Crippen LogP contribution in [0.1, 0.15) is 49.2 Å². The summed E-state index contributed by atoms with van der Waals surface area (Å²) in [6.07, 6.45) is 5.90. The van der Waals surface area contributed by atoms with Crippen LogP contribution in [0.2, 0.25) is 0 Å². The van der Waals surface area contributed by atoms with E-state index in [4.69, 9.17) is 9.84 Å². The number of halogens is 3. The molecular formula is C27H27F3N8O2Sn. The molecule has 0 atom stereocenters. The van der Waals surface area contributed by atoms with Gasteiger partial charge in [0.15, 0.2) is 0 Å². The fraction of sp³-hybridized carbons (Fsp3) is 0.481. The van der Waals surface area contributed by atoms with E-state index in [2.05, 4.69) is 46.2 Å². The molecule has 1 aliphatic carbocycles. The van der Waals surface area contributed by atoms with E-state index in [1.165, 1.54) is 9.78 Å². The van der Waals surface area contributed by atoms with Crippen molar-refractivity contribution in [2.24, 2.45) is 0 Å². The summed E-state index contributed by atoms with van der Waals surface area (Å²) in [6.45, 7) is 1.07. The molecule has 0 amide bonds. The van der Waals surface area contributed by atoms with Gasteiger partial charge in [0.05, 0.1) is 5.69 Å². The van der Waals surface area contributed by atoms with Gasteiger partial charge in [-0.15, -0.1) is 0 Å². The van der Waals surface area contributed by atoms with Gasteiger partial charge in [0.25, 0.3) is 0 Å². The molecule has 1 saturated heterocycles. The Balaban J connectivity index is 1.09. The van der Waals surface area contributed by atoms with E-state index in [-0.39, 0.29) is 30.7 Å². The van der Waals surface area contributed by atoms with E-state index in [0.29, 0.717) is 38.4 Å². The van der Waals surface area contributed by atoms with Crippen molar-refractivity contribution in [1.82, 2.24) is 34.6 Å². The minimum atomic E-state index is -4.70. The number of rotatable bonds is 8. The van der Waals surface area contributed by atoms with Crippen LogP contribution in [0, 0.1) is 11.3 Å². The minimum absolute atomic E-state index is 0.00787. The standard InChI is InChI=1S/C27H27F3N8O2.Sn/c1-2-18-12-32-17-33-24(18)19-13-34-38(14-19)26(8-9-31)15-37(16-26)21-3-5-22(6-4-21)40-23-11-20(7-10-39)35-25(36-23)27(28,29)30;/h1-2,11,13-14,17,21-22,39H,3-8,10,15-16H2;. The monoisotopic (exact) mass is 672 g/mol. The molecule has 2 radical (unpaired) electrons. The van der Waals surface area contributed by atoms with Gasteiger partial charge in [0.2, 0.25) is 11.7 Å². The van der Waals surface area contributed by atoms with E-state index < -0.39 is 38.7 Å². The first kappa shape index (κ1) is 28.0. The number of ether oxygens (including phenoxy) is 1. The summed E-state index contributed by atoms with van der Waals surface area (Å²) >= 11 is -0.772. The van der Waals surface area contributed by atoms with Gasteiger partial charge < -0.3 is 9.84 Å². The van der Waals surface area contributed by atoms with Crippen molar-refractivity contribution in [3.8, 4) is 23.2 Å². The second kappa shape index (κ2) is 11.3. The predicted molar refractivity (Wildman–Crippen MR) is 142 cm³/mol. The third-order valence-electron chi connectivity index (χ3n) is 7.92. The van der Waals surface area contributed by atoms with Crippen molar-refractivity contribution in [3.05, 3.63) is 46.0 Å². The van der Waals surface area contributed by atoms with E-state index >= 15 is 0 Å². The second-order valence-electron chi connectivity index (χ2n) is 10.6. The van der Waals surface area contributed by atoms with Gasteiger partial charge in [-0.2, -0.15) is 18.2 Å². The molecular weight excluding hydrogens is 644 g/mol. The summed E-state index contributed by atoms with van der Waals surface area (Å²) in [5, 5.41) is 23.4. The van der Waals surface area contributed by atoms with Crippen LogP contribution in [-0.2, 0) is 18.1 Å². The van der Waals surface area contributed by atoms with Crippen LogP contribution in [0.15, 0.2) is 28.9 Å². The van der Waals surface area contributed by atoms with Crippen LogP contribution < -0.4 is 8.45 Å². The van der Waals surface area contributed by atoms with Crippen molar-refractivity contribution >= 4 is 30.9 Å². The van der Waals surface area contributed by atoms with Crippen molar-refractivity contribution in [2.45, 2.75) is 62.4 Å². The molecule has 10 nitrogen and oxygen atoms in total. The van der Waals surface area contributed by atoms with E-state index in [1.54, 1.807) is 6.33 Å². The Labute approximate surface area is 244 Å². The van der Waals surface area contributed by atoms with Crippen LogP contribution in [0.4, 0.5) is 13.2 Å². The Hall–Kier alpha value is -3.09. The molecule has 212 valence electrons. The zero-order valence-corrected chi connectivity index (χ0v) is 24.9. The summed E-state index contributed by atoms with van der Waals surface area (Å²) in [5.41, 5.74) is 2.57. The number of hydrogen-bond acceptors (Lipinski definition) is 9. The Morgan fingerprint density at radius 1 is 1.17 bits per heavy atom. The van der Waals surface area contributed by atoms with Gasteiger partial charge in [0.1, 0.15) is 6.10 Å². The number of nitriles is 1. The molecule has 1 N–H and O–H groups in total. The van der Waals surface area contributed by atoms with Gasteiger partial charge in [-0.25, -0.2) is 4.98 Å². The topological polar surface area (TPSA) is 126 Å². The molecule has 2 fully saturated rings. The molecule has 5 heterocycles. The van der Waals surface area contributed by atoms with Gasteiger partial charge in [-0.05, 0) is 0 Å². The maximum absolute atomic E-state index is 13.3. The average molecular weight is 671 g/mol. The van der Waals surface area contributed by atoms with Crippen molar-refractivity contribution < 1.29 is 23.0 Å². The summed E-state index contributed by atoms with van der Waals surface area (Å²) in [7, 11) is 0. The Kier molecular flexibility index (Phi) is 7.73. The molecule has 3 aromatic heterocycles. The number of aliphatic hydroxyl groups excluding tert-OH is 1. The summed E-state index contributed by atoms with van der Waals surface area (Å²) in [4.78, 5) is 18.4. The van der Waals surface area contributed by atoms with E-state index in [0.717, 1.165) is 29.7 Å². The fourth-order valence-corrected chi connectivity index (χ4v) is 8.42.